The third-order valence-corrected chi connectivity index (χ3v) is 3.49. The van der Waals surface area contributed by atoms with E-state index in [1.807, 2.05) is 42.5 Å². The van der Waals surface area contributed by atoms with Gasteiger partial charge in [0.25, 0.3) is 0 Å². The molecule has 0 bridgehead atoms. The smallest absolute Gasteiger partial charge is 0.330 e. The number of hydrogen-bond donors (Lipinski definition) is 0. The van der Waals surface area contributed by atoms with E-state index in [2.05, 4.69) is 26.0 Å². The molecule has 0 aliphatic heterocycles. The van der Waals surface area contributed by atoms with Crippen molar-refractivity contribution in [3.8, 4) is 0 Å². The average Bonchev–Trinajstić information content (AvgIpc) is 2.54. The van der Waals surface area contributed by atoms with E-state index in [1.165, 1.54) is 17.2 Å². The molecule has 0 fully saturated rings. The summed E-state index contributed by atoms with van der Waals surface area (Å²) in [6.07, 6.45) is 4.01. The molecule has 0 aliphatic carbocycles. The quantitative estimate of drug-likeness (QED) is 0.574. The fraction of sp³-hybridized carbons (Fsp3) is 0.250. The fourth-order valence-corrected chi connectivity index (χ4v) is 2.12. The summed E-state index contributed by atoms with van der Waals surface area (Å²) in [4.78, 5) is 11.7. The van der Waals surface area contributed by atoms with Gasteiger partial charge in [-0.1, -0.05) is 68.4 Å². The third kappa shape index (κ3) is 5.21. The van der Waals surface area contributed by atoms with Gasteiger partial charge in [0.15, 0.2) is 0 Å². The van der Waals surface area contributed by atoms with E-state index in [0.29, 0.717) is 12.5 Å². The zero-order chi connectivity index (χ0) is 15.8. The summed E-state index contributed by atoms with van der Waals surface area (Å²) >= 11 is 0. The van der Waals surface area contributed by atoms with Gasteiger partial charge in [0.05, 0.1) is 6.61 Å². The molecule has 0 spiro atoms. The van der Waals surface area contributed by atoms with E-state index >= 15 is 0 Å². The van der Waals surface area contributed by atoms with Crippen molar-refractivity contribution in [2.75, 3.05) is 6.61 Å². The molecule has 0 radical (unpaired) electrons. The van der Waals surface area contributed by atoms with Crippen molar-refractivity contribution < 1.29 is 9.53 Å². The lowest BCUT2D eigenvalue weighted by Crippen LogP contribution is -2.04. The summed E-state index contributed by atoms with van der Waals surface area (Å²) in [6, 6.07) is 18.2. The molecule has 114 valence electrons. The van der Waals surface area contributed by atoms with Gasteiger partial charge in [0.2, 0.25) is 0 Å². The third-order valence-electron chi connectivity index (χ3n) is 3.49. The summed E-state index contributed by atoms with van der Waals surface area (Å²) in [6.45, 7) is 4.73. The van der Waals surface area contributed by atoms with Crippen LogP contribution in [0.15, 0.2) is 60.7 Å². The topological polar surface area (TPSA) is 26.3 Å². The second-order valence-electron chi connectivity index (χ2n) is 5.56. The van der Waals surface area contributed by atoms with Crippen LogP contribution in [0.5, 0.6) is 0 Å². The van der Waals surface area contributed by atoms with Crippen LogP contribution in [0.3, 0.4) is 0 Å². The van der Waals surface area contributed by atoms with Gasteiger partial charge in [-0.2, -0.15) is 0 Å². The highest BCUT2D eigenvalue weighted by Gasteiger charge is 2.00. The van der Waals surface area contributed by atoms with Crippen LogP contribution < -0.4 is 0 Å². The van der Waals surface area contributed by atoms with Crippen molar-refractivity contribution in [1.82, 2.24) is 0 Å². The zero-order valence-corrected chi connectivity index (χ0v) is 13.2. The molecule has 2 heteroatoms. The maximum atomic E-state index is 11.7. The Morgan fingerprint density at radius 1 is 1.05 bits per heavy atom. The minimum absolute atomic E-state index is 0.302. The lowest BCUT2D eigenvalue weighted by molar-refractivity contribution is -0.137. The molecule has 0 amide bonds. The molecule has 0 heterocycles. The number of benzene rings is 2. The van der Waals surface area contributed by atoms with E-state index in [1.54, 1.807) is 6.08 Å². The molecule has 0 unspecified atom stereocenters. The van der Waals surface area contributed by atoms with Crippen molar-refractivity contribution in [2.24, 2.45) is 0 Å². The molecule has 0 N–H and O–H groups in total. The SMILES string of the molecule is CC(C)c1ccc(/C=C/C(=O)OCCc2ccccc2)cc1. The Hall–Kier alpha value is -2.35. The predicted molar refractivity (Wildman–Crippen MR) is 90.7 cm³/mol. The van der Waals surface area contributed by atoms with Gasteiger partial charge in [-0.15, -0.1) is 0 Å². The Balaban J connectivity index is 1.78. The summed E-state index contributed by atoms with van der Waals surface area (Å²) in [7, 11) is 0. The number of carbonyl (C=O) groups is 1. The first-order valence-electron chi connectivity index (χ1n) is 7.64. The average molecular weight is 294 g/mol. The van der Waals surface area contributed by atoms with Gasteiger partial charge in [-0.25, -0.2) is 4.79 Å². The molecule has 2 nitrogen and oxygen atoms in total. The van der Waals surface area contributed by atoms with Crippen molar-refractivity contribution in [3.63, 3.8) is 0 Å². The van der Waals surface area contributed by atoms with E-state index in [9.17, 15) is 4.79 Å². The van der Waals surface area contributed by atoms with E-state index in [0.717, 1.165) is 12.0 Å². The van der Waals surface area contributed by atoms with Gasteiger partial charge >= 0.3 is 5.97 Å². The number of esters is 1. The van der Waals surface area contributed by atoms with Crippen LogP contribution in [0.4, 0.5) is 0 Å². The summed E-state index contributed by atoms with van der Waals surface area (Å²) in [5.74, 6) is 0.213. The summed E-state index contributed by atoms with van der Waals surface area (Å²) in [5, 5.41) is 0. The summed E-state index contributed by atoms with van der Waals surface area (Å²) < 4.78 is 5.20. The van der Waals surface area contributed by atoms with Gasteiger partial charge < -0.3 is 4.74 Å². The normalized spacial score (nSPS) is 11.0. The molecule has 0 aromatic heterocycles. The van der Waals surface area contributed by atoms with Crippen LogP contribution in [0.2, 0.25) is 0 Å². The molecule has 2 rings (SSSR count). The Labute approximate surface area is 132 Å². The molecule has 2 aromatic carbocycles. The first-order valence-corrected chi connectivity index (χ1v) is 7.64. The summed E-state index contributed by atoms with van der Waals surface area (Å²) in [5.41, 5.74) is 3.47. The number of rotatable bonds is 6. The van der Waals surface area contributed by atoms with Crippen LogP contribution in [0, 0.1) is 0 Å². The second-order valence-corrected chi connectivity index (χ2v) is 5.56. The predicted octanol–water partition coefficient (Wildman–Crippen LogP) is 4.61. The Kier molecular flexibility index (Phi) is 5.96. The molecule has 22 heavy (non-hydrogen) atoms. The lowest BCUT2D eigenvalue weighted by Gasteiger charge is -2.04. The van der Waals surface area contributed by atoms with Gasteiger partial charge in [-0.05, 0) is 28.7 Å². The standard InChI is InChI=1S/C20H22O2/c1-16(2)19-11-8-18(9-12-19)10-13-20(21)22-15-14-17-6-4-3-5-7-17/h3-13,16H,14-15H2,1-2H3/b13-10+. The highest BCUT2D eigenvalue weighted by molar-refractivity contribution is 5.87. The molecular formula is C20H22O2. The Bertz CT molecular complexity index is 610. The molecule has 2 aromatic rings. The molecule has 0 aliphatic rings. The van der Waals surface area contributed by atoms with Crippen molar-refractivity contribution in [2.45, 2.75) is 26.2 Å². The van der Waals surface area contributed by atoms with Crippen LogP contribution in [-0.2, 0) is 16.0 Å². The Morgan fingerprint density at radius 3 is 2.36 bits per heavy atom. The Morgan fingerprint density at radius 2 is 1.73 bits per heavy atom. The van der Waals surface area contributed by atoms with Crippen LogP contribution in [-0.4, -0.2) is 12.6 Å². The minimum atomic E-state index is -0.302. The maximum absolute atomic E-state index is 11.7. The van der Waals surface area contributed by atoms with Crippen LogP contribution in [0.1, 0.15) is 36.5 Å². The lowest BCUT2D eigenvalue weighted by atomic mass is 10.0. The number of carbonyl (C=O) groups excluding carboxylic acids is 1. The molecule has 0 atom stereocenters. The van der Waals surface area contributed by atoms with Crippen molar-refractivity contribution in [3.05, 3.63) is 77.4 Å². The zero-order valence-electron chi connectivity index (χ0n) is 13.2. The number of ether oxygens (including phenoxy) is 1. The maximum Gasteiger partial charge on any atom is 0.330 e. The van der Waals surface area contributed by atoms with E-state index < -0.39 is 0 Å². The van der Waals surface area contributed by atoms with Crippen molar-refractivity contribution >= 4 is 12.0 Å². The molecule has 0 saturated carbocycles. The van der Waals surface area contributed by atoms with Crippen LogP contribution >= 0.6 is 0 Å². The highest BCUT2D eigenvalue weighted by atomic mass is 16.5. The first-order chi connectivity index (χ1) is 10.6. The second kappa shape index (κ2) is 8.18. The van der Waals surface area contributed by atoms with E-state index in [4.69, 9.17) is 4.74 Å². The minimum Gasteiger partial charge on any atom is -0.462 e. The fourth-order valence-electron chi connectivity index (χ4n) is 2.12. The largest absolute Gasteiger partial charge is 0.462 e. The monoisotopic (exact) mass is 294 g/mol. The van der Waals surface area contributed by atoms with Crippen molar-refractivity contribution in [1.29, 1.82) is 0 Å². The van der Waals surface area contributed by atoms with E-state index in [-0.39, 0.29) is 5.97 Å². The highest BCUT2D eigenvalue weighted by Crippen LogP contribution is 2.15. The van der Waals surface area contributed by atoms with Crippen LogP contribution in [0.25, 0.3) is 6.08 Å². The van der Waals surface area contributed by atoms with Gasteiger partial charge in [0, 0.05) is 12.5 Å². The van der Waals surface area contributed by atoms with Gasteiger partial charge in [0.1, 0.15) is 0 Å². The first kappa shape index (κ1) is 16.0. The molecular weight excluding hydrogens is 272 g/mol. The molecule has 0 saturated heterocycles. The van der Waals surface area contributed by atoms with Gasteiger partial charge in [-0.3, -0.25) is 0 Å². The number of hydrogen-bond acceptors (Lipinski definition) is 2.